The van der Waals surface area contributed by atoms with Crippen LogP contribution in [0.2, 0.25) is 0 Å². The maximum Gasteiger partial charge on any atom is 0.261 e. The van der Waals surface area contributed by atoms with E-state index in [1.807, 2.05) is 4.90 Å². The van der Waals surface area contributed by atoms with Crippen molar-refractivity contribution in [1.82, 2.24) is 19.6 Å². The van der Waals surface area contributed by atoms with Crippen LogP contribution in [0.1, 0.15) is 49.6 Å². The molecule has 29 heavy (non-hydrogen) atoms. The molecule has 7 nitrogen and oxygen atoms in total. The molecule has 0 saturated heterocycles. The first kappa shape index (κ1) is 17.8. The number of hydrogen-bond acceptors (Lipinski definition) is 4. The Morgan fingerprint density at radius 3 is 2.34 bits per heavy atom. The summed E-state index contributed by atoms with van der Waals surface area (Å²) in [6.45, 7) is 0.560. The second kappa shape index (κ2) is 6.65. The monoisotopic (exact) mass is 394 g/mol. The second-order valence-electron chi connectivity index (χ2n) is 7.65. The van der Waals surface area contributed by atoms with Crippen LogP contribution in [0, 0.1) is 0 Å². The highest BCUT2D eigenvalue weighted by atomic mass is 19.1. The lowest BCUT2D eigenvalue weighted by Crippen LogP contribution is -2.39. The van der Waals surface area contributed by atoms with Gasteiger partial charge < -0.3 is 4.90 Å². The molecular formula is C21H19FN4O3. The maximum absolute atomic E-state index is 13.6. The van der Waals surface area contributed by atoms with Gasteiger partial charge in [0.2, 0.25) is 0 Å². The topological polar surface area (TPSA) is 75.5 Å². The number of nitrogens with zero attached hydrogens (tertiary/aromatic N) is 4. The van der Waals surface area contributed by atoms with E-state index in [0.717, 1.165) is 23.4 Å². The summed E-state index contributed by atoms with van der Waals surface area (Å²) >= 11 is 0. The molecule has 1 saturated carbocycles. The SMILES string of the molecule is O=C1c2ccccc2C(=O)N1C/C(=C\F)Cn1ncc2c1CCN(C1CC1)C2=O. The Hall–Kier alpha value is -3.29. The molecule has 0 bridgehead atoms. The number of imide groups is 1. The molecule has 8 heteroatoms. The van der Waals surface area contributed by atoms with E-state index in [-0.39, 0.29) is 24.6 Å². The first-order valence-corrected chi connectivity index (χ1v) is 9.67. The lowest BCUT2D eigenvalue weighted by atomic mass is 10.1. The minimum Gasteiger partial charge on any atom is -0.335 e. The minimum atomic E-state index is -0.428. The van der Waals surface area contributed by atoms with Crippen LogP contribution in [-0.4, -0.2) is 56.4 Å². The van der Waals surface area contributed by atoms with Crippen LogP contribution in [0.3, 0.4) is 0 Å². The third-order valence-corrected chi connectivity index (χ3v) is 5.76. The molecule has 1 fully saturated rings. The zero-order valence-electron chi connectivity index (χ0n) is 15.7. The van der Waals surface area contributed by atoms with Gasteiger partial charge in [-0.15, -0.1) is 0 Å². The van der Waals surface area contributed by atoms with Gasteiger partial charge in [-0.3, -0.25) is 24.0 Å². The van der Waals surface area contributed by atoms with E-state index < -0.39 is 11.8 Å². The van der Waals surface area contributed by atoms with Crippen molar-refractivity contribution in [1.29, 1.82) is 0 Å². The average Bonchev–Trinajstić information content (AvgIpc) is 3.45. The zero-order valence-corrected chi connectivity index (χ0v) is 15.7. The van der Waals surface area contributed by atoms with Gasteiger partial charge in [0.05, 0.1) is 48.0 Å². The summed E-state index contributed by atoms with van der Waals surface area (Å²) in [7, 11) is 0. The van der Waals surface area contributed by atoms with Crippen LogP contribution in [-0.2, 0) is 13.0 Å². The van der Waals surface area contributed by atoms with Crippen LogP contribution in [0.4, 0.5) is 4.39 Å². The number of benzene rings is 1. The highest BCUT2D eigenvalue weighted by Crippen LogP contribution is 2.32. The van der Waals surface area contributed by atoms with E-state index in [9.17, 15) is 18.8 Å². The molecule has 3 amide bonds. The number of amides is 3. The Morgan fingerprint density at radius 1 is 1.03 bits per heavy atom. The highest BCUT2D eigenvalue weighted by Gasteiger charge is 2.38. The predicted octanol–water partition coefficient (Wildman–Crippen LogP) is 2.19. The van der Waals surface area contributed by atoms with Crippen LogP contribution in [0.5, 0.6) is 0 Å². The number of carbonyl (C=O) groups is 3. The molecule has 2 aromatic rings. The van der Waals surface area contributed by atoms with Gasteiger partial charge in [-0.25, -0.2) is 4.39 Å². The summed E-state index contributed by atoms with van der Waals surface area (Å²) in [4.78, 5) is 40.6. The average molecular weight is 394 g/mol. The van der Waals surface area contributed by atoms with Crippen LogP contribution >= 0.6 is 0 Å². The molecule has 3 heterocycles. The number of hydrogen-bond donors (Lipinski definition) is 0. The van der Waals surface area contributed by atoms with E-state index in [4.69, 9.17) is 0 Å². The van der Waals surface area contributed by atoms with Crippen molar-refractivity contribution in [2.24, 2.45) is 0 Å². The fraction of sp³-hybridized carbons (Fsp3) is 0.333. The molecule has 2 aliphatic heterocycles. The predicted molar refractivity (Wildman–Crippen MR) is 101 cm³/mol. The Kier molecular flexibility index (Phi) is 4.08. The molecular weight excluding hydrogens is 375 g/mol. The quantitative estimate of drug-likeness (QED) is 0.729. The molecule has 1 aromatic carbocycles. The van der Waals surface area contributed by atoms with Crippen molar-refractivity contribution in [2.75, 3.05) is 13.1 Å². The standard InChI is InChI=1S/C21H19FN4O3/c22-9-13(11-25-19(27)15-3-1-2-4-16(15)20(25)28)12-26-18-7-8-24(14-5-6-14)21(29)17(18)10-23-26/h1-4,9-10,14H,5-8,11-12H2/b13-9+. The summed E-state index contributed by atoms with van der Waals surface area (Å²) in [5, 5.41) is 4.28. The molecule has 0 atom stereocenters. The van der Waals surface area contributed by atoms with Gasteiger partial charge in [-0.2, -0.15) is 5.10 Å². The van der Waals surface area contributed by atoms with Crippen LogP contribution in [0.15, 0.2) is 42.4 Å². The first-order valence-electron chi connectivity index (χ1n) is 9.67. The number of aromatic nitrogens is 2. The summed E-state index contributed by atoms with van der Waals surface area (Å²) in [6.07, 6.45) is 4.70. The van der Waals surface area contributed by atoms with Crippen LogP contribution in [0.25, 0.3) is 0 Å². The van der Waals surface area contributed by atoms with Crippen molar-refractivity contribution in [2.45, 2.75) is 31.8 Å². The van der Waals surface area contributed by atoms with Gasteiger partial charge in [0.15, 0.2) is 0 Å². The lowest BCUT2D eigenvalue weighted by Gasteiger charge is -2.27. The van der Waals surface area contributed by atoms with Gasteiger partial charge in [0.1, 0.15) is 0 Å². The Morgan fingerprint density at radius 2 is 1.72 bits per heavy atom. The molecule has 1 aliphatic carbocycles. The number of fused-ring (bicyclic) bond motifs is 2. The smallest absolute Gasteiger partial charge is 0.261 e. The number of rotatable bonds is 5. The van der Waals surface area contributed by atoms with Gasteiger partial charge >= 0.3 is 0 Å². The van der Waals surface area contributed by atoms with E-state index in [2.05, 4.69) is 5.10 Å². The first-order chi connectivity index (χ1) is 14.1. The Labute approximate surface area is 166 Å². The van der Waals surface area contributed by atoms with E-state index in [1.54, 1.807) is 28.9 Å². The summed E-state index contributed by atoms with van der Waals surface area (Å²) < 4.78 is 15.2. The number of halogens is 1. The second-order valence-corrected chi connectivity index (χ2v) is 7.65. The van der Waals surface area contributed by atoms with Gasteiger partial charge in [0.25, 0.3) is 17.7 Å². The largest absolute Gasteiger partial charge is 0.335 e. The Balaban J connectivity index is 1.34. The third kappa shape index (κ3) is 2.86. The molecule has 0 N–H and O–H groups in total. The highest BCUT2D eigenvalue weighted by molar-refractivity contribution is 6.21. The molecule has 148 valence electrons. The van der Waals surface area contributed by atoms with E-state index in [1.165, 1.54) is 6.20 Å². The molecule has 0 unspecified atom stereocenters. The molecule has 5 rings (SSSR count). The summed E-state index contributed by atoms with van der Waals surface area (Å²) in [5.41, 5.74) is 2.23. The van der Waals surface area contributed by atoms with E-state index in [0.29, 0.717) is 42.0 Å². The normalized spacial score (nSPS) is 19.1. The van der Waals surface area contributed by atoms with Gasteiger partial charge in [0, 0.05) is 19.0 Å². The molecule has 0 spiro atoms. The van der Waals surface area contributed by atoms with Crippen molar-refractivity contribution < 1.29 is 18.8 Å². The number of carbonyl (C=O) groups excluding carboxylic acids is 3. The molecule has 3 aliphatic rings. The lowest BCUT2D eigenvalue weighted by molar-refractivity contribution is 0.0665. The Bertz CT molecular complexity index is 1030. The van der Waals surface area contributed by atoms with Crippen molar-refractivity contribution in [3.05, 3.63) is 64.7 Å². The van der Waals surface area contributed by atoms with Gasteiger partial charge in [-0.05, 0) is 30.5 Å². The summed E-state index contributed by atoms with van der Waals surface area (Å²) in [6, 6.07) is 6.91. The zero-order chi connectivity index (χ0) is 20.1. The maximum atomic E-state index is 13.6. The molecule has 0 radical (unpaired) electrons. The van der Waals surface area contributed by atoms with E-state index >= 15 is 0 Å². The van der Waals surface area contributed by atoms with Crippen molar-refractivity contribution >= 4 is 17.7 Å². The van der Waals surface area contributed by atoms with Crippen LogP contribution < -0.4 is 0 Å². The van der Waals surface area contributed by atoms with Gasteiger partial charge in [-0.1, -0.05) is 12.1 Å². The summed E-state index contributed by atoms with van der Waals surface area (Å²) in [5.74, 6) is -0.878. The third-order valence-electron chi connectivity index (χ3n) is 5.76. The minimum absolute atomic E-state index is 0.0221. The van der Waals surface area contributed by atoms with Crippen molar-refractivity contribution in [3.8, 4) is 0 Å². The fourth-order valence-electron chi connectivity index (χ4n) is 4.10. The van der Waals surface area contributed by atoms with Crippen molar-refractivity contribution in [3.63, 3.8) is 0 Å². The fourth-order valence-corrected chi connectivity index (χ4v) is 4.10. The molecule has 1 aromatic heterocycles.